The second kappa shape index (κ2) is 5.44. The van der Waals surface area contributed by atoms with Crippen LogP contribution in [0, 0.1) is 0 Å². The Morgan fingerprint density at radius 3 is 2.14 bits per heavy atom. The van der Waals surface area contributed by atoms with Crippen molar-refractivity contribution in [2.75, 3.05) is 13.8 Å². The molecule has 0 saturated heterocycles. The van der Waals surface area contributed by atoms with E-state index in [1.54, 1.807) is 0 Å². The Balaban J connectivity index is 1.90. The number of benzene rings is 2. The van der Waals surface area contributed by atoms with Gasteiger partial charge in [-0.25, -0.2) is 0 Å². The van der Waals surface area contributed by atoms with E-state index in [4.69, 9.17) is 0 Å². The predicted molar refractivity (Wildman–Crippen MR) is 90.0 cm³/mol. The Kier molecular flexibility index (Phi) is 3.29. The van der Waals surface area contributed by atoms with Crippen LogP contribution in [0.2, 0.25) is 0 Å². The summed E-state index contributed by atoms with van der Waals surface area (Å²) in [5, 5.41) is 4.30. The molecule has 1 aliphatic rings. The molecule has 0 bridgehead atoms. The van der Waals surface area contributed by atoms with Crippen LogP contribution in [-0.2, 0) is 0 Å². The van der Waals surface area contributed by atoms with Crippen LogP contribution in [0.5, 0.6) is 0 Å². The fourth-order valence-electron chi connectivity index (χ4n) is 2.64. The number of nitrogens with zero attached hydrogens (tertiary/aromatic N) is 4. The molecule has 0 fully saturated rings. The van der Waals surface area contributed by atoms with Crippen molar-refractivity contribution in [3.8, 4) is 0 Å². The van der Waals surface area contributed by atoms with Gasteiger partial charge in [0.1, 0.15) is 0 Å². The van der Waals surface area contributed by atoms with Crippen molar-refractivity contribution in [2.24, 2.45) is 0 Å². The van der Waals surface area contributed by atoms with E-state index >= 15 is 0 Å². The number of hydrogen-bond acceptors (Lipinski definition) is 4. The third-order valence-corrected chi connectivity index (χ3v) is 4.65. The molecule has 1 aliphatic heterocycles. The first-order chi connectivity index (χ1) is 10.9. The first kappa shape index (κ1) is 13.3. The van der Waals surface area contributed by atoms with E-state index in [0.29, 0.717) is 0 Å². The van der Waals surface area contributed by atoms with Gasteiger partial charge in [0.05, 0.1) is 0 Å². The van der Waals surface area contributed by atoms with E-state index in [2.05, 4.69) is 67.4 Å². The van der Waals surface area contributed by atoms with E-state index in [9.17, 15) is 0 Å². The fourth-order valence-corrected chi connectivity index (χ4v) is 3.56. The molecule has 0 aliphatic carbocycles. The summed E-state index contributed by atoms with van der Waals surface area (Å²) in [6.45, 7) is 0. The summed E-state index contributed by atoms with van der Waals surface area (Å²) >= 11 is 1.52. The molecule has 0 saturated carbocycles. The van der Waals surface area contributed by atoms with Gasteiger partial charge in [-0.05, 0) is 0 Å². The monoisotopic (exact) mass is 342 g/mol. The third-order valence-electron chi connectivity index (χ3n) is 3.61. The number of pyridine rings is 1. The molecule has 4 nitrogen and oxygen atoms in total. The normalized spacial score (nSPS) is 13.4. The quantitative estimate of drug-likeness (QED) is 0.665. The molecule has 4 rings (SSSR count). The Labute approximate surface area is 139 Å². The Morgan fingerprint density at radius 2 is 1.41 bits per heavy atom. The van der Waals surface area contributed by atoms with Gasteiger partial charge in [0.2, 0.25) is 0 Å². The molecule has 22 heavy (non-hydrogen) atoms. The fraction of sp³-hybridized carbons (Fsp3) is 0. The van der Waals surface area contributed by atoms with Gasteiger partial charge in [-0.2, -0.15) is 0 Å². The molecule has 0 spiro atoms. The topological polar surface area (TPSA) is 22.6 Å². The molecule has 1 aromatic heterocycles. The van der Waals surface area contributed by atoms with Crippen LogP contribution in [-0.4, -0.2) is 23.8 Å². The first-order valence-corrected chi connectivity index (χ1v) is 8.14. The molecule has 2 heterocycles. The third kappa shape index (κ3) is 2.06. The Morgan fingerprint density at radius 1 is 0.727 bits per heavy atom. The van der Waals surface area contributed by atoms with Gasteiger partial charge in [0, 0.05) is 0 Å². The summed E-state index contributed by atoms with van der Waals surface area (Å²) in [7, 11) is 0. The van der Waals surface area contributed by atoms with Gasteiger partial charge in [-0.15, -0.1) is 0 Å². The summed E-state index contributed by atoms with van der Waals surface area (Å²) in [6, 6.07) is 24.7. The van der Waals surface area contributed by atoms with Crippen molar-refractivity contribution in [3.05, 3.63) is 79.0 Å². The summed E-state index contributed by atoms with van der Waals surface area (Å²) in [4.78, 5) is 4.52. The second-order valence-corrected chi connectivity index (χ2v) is 5.98. The molecular formula is C17H13GaN4. The van der Waals surface area contributed by atoms with Gasteiger partial charge >= 0.3 is 140 Å². The summed E-state index contributed by atoms with van der Waals surface area (Å²) in [5.41, 5.74) is 3.45. The molecule has 104 valence electrons. The average molecular weight is 343 g/mol. The van der Waals surface area contributed by atoms with Crippen molar-refractivity contribution in [1.82, 2.24) is 4.98 Å². The molecule has 3 aromatic rings. The van der Waals surface area contributed by atoms with Crippen LogP contribution >= 0.6 is 0 Å². The minimum absolute atomic E-state index is 0.895. The Hall–Kier alpha value is -2.37. The van der Waals surface area contributed by atoms with Crippen molar-refractivity contribution >= 4 is 41.7 Å². The van der Waals surface area contributed by atoms with Gasteiger partial charge in [0.15, 0.2) is 0 Å². The van der Waals surface area contributed by atoms with Crippen LogP contribution in [0.25, 0.3) is 0 Å². The van der Waals surface area contributed by atoms with Crippen LogP contribution in [0.1, 0.15) is 0 Å². The molecule has 5 heteroatoms. The predicted octanol–water partition coefficient (Wildman–Crippen LogP) is 3.46. The van der Waals surface area contributed by atoms with Crippen molar-refractivity contribution in [1.29, 1.82) is 0 Å². The summed E-state index contributed by atoms with van der Waals surface area (Å²) in [6.07, 6.45) is 1.82. The number of hydrogen-bond donors (Lipinski definition) is 0. The zero-order valence-corrected chi connectivity index (χ0v) is 14.3. The summed E-state index contributed by atoms with van der Waals surface area (Å²) in [5.74, 6) is 0.895. The summed E-state index contributed by atoms with van der Waals surface area (Å²) < 4.78 is 2.18. The molecule has 0 unspecified atom stereocenters. The molecular weight excluding hydrogens is 330 g/mol. The number of rotatable bonds is 2. The van der Waals surface area contributed by atoms with E-state index in [1.165, 1.54) is 24.5 Å². The number of aromatic nitrogens is 1. The number of fused-ring (bicyclic) bond motifs is 1. The van der Waals surface area contributed by atoms with Gasteiger partial charge < -0.3 is 0 Å². The van der Waals surface area contributed by atoms with Gasteiger partial charge in [-0.3, -0.25) is 0 Å². The second-order valence-electron chi connectivity index (χ2n) is 4.96. The maximum atomic E-state index is 4.52. The zero-order chi connectivity index (χ0) is 14.9. The SMILES string of the molecule is [Ga][N]1c2ccccc2N(c2ccccc2)N1c1ccccn1. The van der Waals surface area contributed by atoms with Crippen molar-refractivity contribution < 1.29 is 0 Å². The van der Waals surface area contributed by atoms with Crippen LogP contribution in [0.4, 0.5) is 22.9 Å². The van der Waals surface area contributed by atoms with Gasteiger partial charge in [-0.1, -0.05) is 0 Å². The molecule has 0 N–H and O–H groups in total. The first-order valence-electron chi connectivity index (χ1n) is 7.06. The minimum atomic E-state index is 0.895. The van der Waals surface area contributed by atoms with E-state index in [-0.39, 0.29) is 0 Å². The zero-order valence-electron chi connectivity index (χ0n) is 11.9. The molecule has 2 radical (unpaired) electrons. The number of para-hydroxylation sites is 3. The van der Waals surface area contributed by atoms with Gasteiger partial charge in [0.25, 0.3) is 0 Å². The maximum absolute atomic E-state index is 4.52. The van der Waals surface area contributed by atoms with E-state index in [1.807, 2.05) is 30.5 Å². The number of anilines is 4. The van der Waals surface area contributed by atoms with E-state index < -0.39 is 0 Å². The van der Waals surface area contributed by atoms with Crippen molar-refractivity contribution in [2.45, 2.75) is 0 Å². The number of hydrazine groups is 2. The van der Waals surface area contributed by atoms with Crippen LogP contribution in [0.15, 0.2) is 79.0 Å². The molecule has 0 amide bonds. The van der Waals surface area contributed by atoms with Crippen LogP contribution < -0.4 is 13.8 Å². The van der Waals surface area contributed by atoms with E-state index in [0.717, 1.165) is 17.2 Å². The van der Waals surface area contributed by atoms with Crippen LogP contribution in [0.3, 0.4) is 0 Å². The average Bonchev–Trinajstić information content (AvgIpc) is 2.90. The molecule has 0 atom stereocenters. The van der Waals surface area contributed by atoms with Crippen molar-refractivity contribution in [3.63, 3.8) is 0 Å². The standard InChI is InChI=1S/C17H13N4.Ga/c1-2-8-14(9-3-1)20-16-11-5-4-10-15(16)19-21(20)17-12-6-7-13-18-17;/h1-13H;/q-1;+1. The Bertz CT molecular complexity index is 779. The molecule has 2 aromatic carbocycles.